The largest absolute Gasteiger partial charge is 0.453 e. The van der Waals surface area contributed by atoms with E-state index in [1.807, 2.05) is 12.1 Å². The number of rotatable bonds is 2. The van der Waals surface area contributed by atoms with Gasteiger partial charge in [0, 0.05) is 25.2 Å². The molecular formula is C11H17BrN2O. The molecule has 3 nitrogen and oxygen atoms in total. The van der Waals surface area contributed by atoms with Crippen LogP contribution in [0.3, 0.4) is 0 Å². The quantitative estimate of drug-likeness (QED) is 0.895. The predicted molar refractivity (Wildman–Crippen MR) is 63.7 cm³/mol. The molecule has 1 aromatic rings. The minimum Gasteiger partial charge on any atom is -0.453 e. The Morgan fingerprint density at radius 3 is 2.60 bits per heavy atom. The van der Waals surface area contributed by atoms with E-state index in [0.717, 1.165) is 30.1 Å². The van der Waals surface area contributed by atoms with Crippen molar-refractivity contribution in [3.05, 3.63) is 22.6 Å². The topological polar surface area (TPSA) is 28.4 Å². The Hall–Kier alpha value is -0.320. The van der Waals surface area contributed by atoms with Gasteiger partial charge in [-0.1, -0.05) is 0 Å². The van der Waals surface area contributed by atoms with E-state index in [1.54, 1.807) is 0 Å². The molecule has 1 aromatic heterocycles. The SMILES string of the molecule is CC1CNCC(C)N1Cc1ccc(Br)o1. The van der Waals surface area contributed by atoms with Gasteiger partial charge >= 0.3 is 0 Å². The van der Waals surface area contributed by atoms with Gasteiger partial charge in [0.15, 0.2) is 4.67 Å². The van der Waals surface area contributed by atoms with Gasteiger partial charge in [-0.3, -0.25) is 4.90 Å². The van der Waals surface area contributed by atoms with Crippen molar-refractivity contribution >= 4 is 15.9 Å². The maximum absolute atomic E-state index is 5.54. The third-order valence-corrected chi connectivity index (χ3v) is 3.41. The lowest BCUT2D eigenvalue weighted by Crippen LogP contribution is -2.54. The Bertz CT molecular complexity index is 316. The first kappa shape index (κ1) is 11.2. The number of hydrogen-bond acceptors (Lipinski definition) is 3. The van der Waals surface area contributed by atoms with Crippen LogP contribution >= 0.6 is 15.9 Å². The molecule has 0 bridgehead atoms. The number of nitrogens with one attached hydrogen (secondary N) is 1. The third-order valence-electron chi connectivity index (χ3n) is 2.98. The molecule has 0 amide bonds. The summed E-state index contributed by atoms with van der Waals surface area (Å²) in [4.78, 5) is 2.47. The highest BCUT2D eigenvalue weighted by Gasteiger charge is 2.24. The molecule has 84 valence electrons. The van der Waals surface area contributed by atoms with Crippen molar-refractivity contribution in [1.82, 2.24) is 10.2 Å². The summed E-state index contributed by atoms with van der Waals surface area (Å²) in [6.45, 7) is 7.52. The molecule has 1 aliphatic heterocycles. The van der Waals surface area contributed by atoms with Gasteiger partial charge in [0.25, 0.3) is 0 Å². The van der Waals surface area contributed by atoms with Crippen LogP contribution in [0.15, 0.2) is 21.2 Å². The molecule has 0 aliphatic carbocycles. The van der Waals surface area contributed by atoms with Crippen molar-refractivity contribution in [2.24, 2.45) is 0 Å². The van der Waals surface area contributed by atoms with Crippen molar-refractivity contribution in [2.45, 2.75) is 32.5 Å². The maximum Gasteiger partial charge on any atom is 0.169 e. The predicted octanol–water partition coefficient (Wildman–Crippen LogP) is 2.22. The molecule has 0 aromatic carbocycles. The summed E-state index contributed by atoms with van der Waals surface area (Å²) in [5.41, 5.74) is 0. The number of hydrogen-bond donors (Lipinski definition) is 1. The summed E-state index contributed by atoms with van der Waals surface area (Å²) in [6.07, 6.45) is 0. The molecule has 2 atom stereocenters. The lowest BCUT2D eigenvalue weighted by Gasteiger charge is -2.38. The Balaban J connectivity index is 2.03. The molecule has 0 radical (unpaired) electrons. The number of halogens is 1. The molecular weight excluding hydrogens is 256 g/mol. The second-order valence-electron chi connectivity index (χ2n) is 4.23. The van der Waals surface area contributed by atoms with Crippen molar-refractivity contribution in [2.75, 3.05) is 13.1 Å². The van der Waals surface area contributed by atoms with Crippen LogP contribution in [0.4, 0.5) is 0 Å². The van der Waals surface area contributed by atoms with Gasteiger partial charge < -0.3 is 9.73 Å². The number of nitrogens with zero attached hydrogens (tertiary/aromatic N) is 1. The van der Waals surface area contributed by atoms with Crippen LogP contribution < -0.4 is 5.32 Å². The lowest BCUT2D eigenvalue weighted by molar-refractivity contribution is 0.0995. The van der Waals surface area contributed by atoms with Crippen LogP contribution in [0.1, 0.15) is 19.6 Å². The van der Waals surface area contributed by atoms with Gasteiger partial charge in [0.1, 0.15) is 5.76 Å². The molecule has 1 saturated heterocycles. The van der Waals surface area contributed by atoms with Gasteiger partial charge in [0.05, 0.1) is 6.54 Å². The molecule has 0 spiro atoms. The zero-order chi connectivity index (χ0) is 10.8. The van der Waals surface area contributed by atoms with Gasteiger partial charge in [-0.25, -0.2) is 0 Å². The van der Waals surface area contributed by atoms with E-state index in [2.05, 4.69) is 40.0 Å². The van der Waals surface area contributed by atoms with E-state index in [9.17, 15) is 0 Å². The fraction of sp³-hybridized carbons (Fsp3) is 0.636. The van der Waals surface area contributed by atoms with Crippen molar-refractivity contribution < 1.29 is 4.42 Å². The normalized spacial score (nSPS) is 28.2. The molecule has 2 heterocycles. The first-order valence-electron chi connectivity index (χ1n) is 5.37. The number of piperazine rings is 1. The van der Waals surface area contributed by atoms with Crippen molar-refractivity contribution in [3.8, 4) is 0 Å². The van der Waals surface area contributed by atoms with Crippen LogP contribution in [0.2, 0.25) is 0 Å². The fourth-order valence-corrected chi connectivity index (χ4v) is 2.44. The monoisotopic (exact) mass is 272 g/mol. The zero-order valence-electron chi connectivity index (χ0n) is 9.16. The van der Waals surface area contributed by atoms with Crippen molar-refractivity contribution in [1.29, 1.82) is 0 Å². The summed E-state index contributed by atoms with van der Waals surface area (Å²) >= 11 is 3.33. The third kappa shape index (κ3) is 2.62. The zero-order valence-corrected chi connectivity index (χ0v) is 10.8. The molecule has 1 N–H and O–H groups in total. The van der Waals surface area contributed by atoms with E-state index in [-0.39, 0.29) is 0 Å². The van der Waals surface area contributed by atoms with Crippen LogP contribution in [-0.4, -0.2) is 30.1 Å². The van der Waals surface area contributed by atoms with E-state index in [0.29, 0.717) is 12.1 Å². The standard InChI is InChI=1S/C11H17BrN2O/c1-8-5-13-6-9(2)14(8)7-10-3-4-11(12)15-10/h3-4,8-9,13H,5-7H2,1-2H3. The Kier molecular flexibility index (Phi) is 3.49. The van der Waals surface area contributed by atoms with Crippen LogP contribution in [0.5, 0.6) is 0 Å². The summed E-state index contributed by atoms with van der Waals surface area (Å²) in [6, 6.07) is 5.12. The lowest BCUT2D eigenvalue weighted by atomic mass is 10.1. The minimum atomic E-state index is 0.567. The van der Waals surface area contributed by atoms with E-state index < -0.39 is 0 Å². The molecule has 2 rings (SSSR count). The van der Waals surface area contributed by atoms with E-state index in [4.69, 9.17) is 4.42 Å². The minimum absolute atomic E-state index is 0.567. The Morgan fingerprint density at radius 1 is 1.40 bits per heavy atom. The summed E-state index contributed by atoms with van der Waals surface area (Å²) in [5, 5.41) is 3.42. The number of furan rings is 1. The van der Waals surface area contributed by atoms with Gasteiger partial charge in [-0.15, -0.1) is 0 Å². The highest BCUT2D eigenvalue weighted by atomic mass is 79.9. The van der Waals surface area contributed by atoms with Gasteiger partial charge in [-0.2, -0.15) is 0 Å². The second-order valence-corrected chi connectivity index (χ2v) is 5.02. The molecule has 4 heteroatoms. The first-order chi connectivity index (χ1) is 7.16. The van der Waals surface area contributed by atoms with Gasteiger partial charge in [0.2, 0.25) is 0 Å². The van der Waals surface area contributed by atoms with Crippen molar-refractivity contribution in [3.63, 3.8) is 0 Å². The maximum atomic E-state index is 5.54. The van der Waals surface area contributed by atoms with Crippen LogP contribution in [0, 0.1) is 0 Å². The summed E-state index contributed by atoms with van der Waals surface area (Å²) in [5.74, 6) is 1.03. The molecule has 1 fully saturated rings. The molecule has 2 unspecified atom stereocenters. The fourth-order valence-electron chi connectivity index (χ4n) is 2.10. The Labute approximate surface area is 99.0 Å². The highest BCUT2D eigenvalue weighted by molar-refractivity contribution is 9.10. The van der Waals surface area contributed by atoms with Crippen LogP contribution in [0.25, 0.3) is 0 Å². The Morgan fingerprint density at radius 2 is 2.07 bits per heavy atom. The van der Waals surface area contributed by atoms with Gasteiger partial charge in [-0.05, 0) is 41.9 Å². The van der Waals surface area contributed by atoms with Crippen LogP contribution in [-0.2, 0) is 6.54 Å². The average Bonchev–Trinajstić information content (AvgIpc) is 2.58. The highest BCUT2D eigenvalue weighted by Crippen LogP contribution is 2.19. The molecule has 0 saturated carbocycles. The van der Waals surface area contributed by atoms with E-state index >= 15 is 0 Å². The van der Waals surface area contributed by atoms with E-state index in [1.165, 1.54) is 0 Å². The smallest absolute Gasteiger partial charge is 0.169 e. The summed E-state index contributed by atoms with van der Waals surface area (Å²) in [7, 11) is 0. The molecule has 15 heavy (non-hydrogen) atoms. The molecule has 1 aliphatic rings. The first-order valence-corrected chi connectivity index (χ1v) is 6.17. The second kappa shape index (κ2) is 4.68. The summed E-state index contributed by atoms with van der Waals surface area (Å²) < 4.78 is 6.35. The average molecular weight is 273 g/mol.